The van der Waals surface area contributed by atoms with Crippen LogP contribution in [0.2, 0.25) is 0 Å². The number of hydrogen-bond acceptors (Lipinski definition) is 5. The van der Waals surface area contributed by atoms with Crippen molar-refractivity contribution in [3.8, 4) is 0 Å². The molecule has 2 amide bonds. The number of nitrogens with one attached hydrogen (secondary N) is 1. The number of piperidine rings is 1. The van der Waals surface area contributed by atoms with E-state index in [0.29, 0.717) is 11.6 Å². The number of thioether (sulfide) groups is 1. The third kappa shape index (κ3) is 3.45. The number of halogens is 1. The van der Waals surface area contributed by atoms with Gasteiger partial charge >= 0.3 is 0 Å². The van der Waals surface area contributed by atoms with E-state index < -0.39 is 6.04 Å². The van der Waals surface area contributed by atoms with E-state index in [4.69, 9.17) is 0 Å². The average molecular weight is 413 g/mol. The van der Waals surface area contributed by atoms with E-state index in [-0.39, 0.29) is 16.7 Å². The molecule has 2 aliphatic heterocycles. The molecule has 1 atom stereocenters. The van der Waals surface area contributed by atoms with Crippen LogP contribution in [-0.2, 0) is 9.59 Å². The summed E-state index contributed by atoms with van der Waals surface area (Å²) in [6.45, 7) is 3.45. The molecule has 1 unspecified atom stereocenters. The summed E-state index contributed by atoms with van der Waals surface area (Å²) >= 11 is 5.07. The molecule has 0 radical (unpaired) electrons. The van der Waals surface area contributed by atoms with Crippen molar-refractivity contribution in [3.63, 3.8) is 0 Å². The lowest BCUT2D eigenvalue weighted by Crippen LogP contribution is -2.56. The van der Waals surface area contributed by atoms with Gasteiger partial charge in [-0.25, -0.2) is 4.98 Å². The van der Waals surface area contributed by atoms with Crippen LogP contribution in [0.3, 0.4) is 0 Å². The zero-order chi connectivity index (χ0) is 17.3. The predicted molar refractivity (Wildman–Crippen MR) is 98.8 cm³/mol. The molecule has 24 heavy (non-hydrogen) atoms. The van der Waals surface area contributed by atoms with Crippen LogP contribution < -0.4 is 5.32 Å². The van der Waals surface area contributed by atoms with Crippen molar-refractivity contribution >= 4 is 45.3 Å². The average Bonchev–Trinajstić information content (AvgIpc) is 2.92. The van der Waals surface area contributed by atoms with Gasteiger partial charge in [-0.15, -0.1) is 11.8 Å². The predicted octanol–water partition coefficient (Wildman–Crippen LogP) is 2.17. The minimum atomic E-state index is -0.443. The van der Waals surface area contributed by atoms with E-state index in [1.165, 1.54) is 0 Å². The maximum Gasteiger partial charge on any atom is 0.249 e. The van der Waals surface area contributed by atoms with Gasteiger partial charge in [0.15, 0.2) is 0 Å². The molecule has 0 aliphatic carbocycles. The monoisotopic (exact) mass is 412 g/mol. The van der Waals surface area contributed by atoms with Gasteiger partial charge in [0, 0.05) is 36.4 Å². The van der Waals surface area contributed by atoms with Gasteiger partial charge in [-0.1, -0.05) is 0 Å². The molecule has 2 aliphatic rings. The van der Waals surface area contributed by atoms with Crippen LogP contribution in [0.4, 0.5) is 5.82 Å². The van der Waals surface area contributed by atoms with Crippen molar-refractivity contribution in [2.45, 2.75) is 30.7 Å². The van der Waals surface area contributed by atoms with Crippen molar-refractivity contribution in [1.29, 1.82) is 0 Å². The number of carbonyl (C=O) groups is 2. The van der Waals surface area contributed by atoms with Crippen molar-refractivity contribution in [1.82, 2.24) is 14.8 Å². The molecule has 130 valence electrons. The SMILES string of the molecule is CC(=O)N1C(C(=O)Nc2ccc(Br)cn2)CSC12CCN(C)CC2. The third-order valence-electron chi connectivity index (χ3n) is 4.65. The molecule has 0 saturated carbocycles. The number of aromatic nitrogens is 1. The van der Waals surface area contributed by atoms with Gasteiger partial charge in [-0.3, -0.25) is 9.59 Å². The molecule has 3 heterocycles. The molecule has 2 fully saturated rings. The van der Waals surface area contributed by atoms with Crippen LogP contribution >= 0.6 is 27.7 Å². The van der Waals surface area contributed by atoms with E-state index in [1.807, 2.05) is 6.07 Å². The minimum Gasteiger partial charge on any atom is -0.315 e. The molecule has 3 rings (SSSR count). The highest BCUT2D eigenvalue weighted by Crippen LogP contribution is 2.46. The highest BCUT2D eigenvalue weighted by molar-refractivity contribution is 9.10. The molecule has 8 heteroatoms. The zero-order valence-corrected chi connectivity index (χ0v) is 16.2. The Morgan fingerprint density at radius 2 is 2.08 bits per heavy atom. The quantitative estimate of drug-likeness (QED) is 0.805. The van der Waals surface area contributed by atoms with E-state index >= 15 is 0 Å². The standard InChI is InChI=1S/C16H21BrN4O2S/c1-11(22)21-13(10-24-16(21)5-7-20(2)8-6-16)15(23)19-14-4-3-12(17)9-18-14/h3-4,9,13H,5-8,10H2,1-2H3,(H,18,19,23). The Morgan fingerprint density at radius 3 is 2.67 bits per heavy atom. The second kappa shape index (κ2) is 7.01. The number of anilines is 1. The molecular formula is C16H21BrN4O2S. The molecule has 2 saturated heterocycles. The number of hydrogen-bond donors (Lipinski definition) is 1. The van der Waals surface area contributed by atoms with Crippen LogP contribution in [0.1, 0.15) is 19.8 Å². The summed E-state index contributed by atoms with van der Waals surface area (Å²) in [6.07, 6.45) is 3.43. The summed E-state index contributed by atoms with van der Waals surface area (Å²) in [5.74, 6) is 0.934. The summed E-state index contributed by atoms with van der Waals surface area (Å²) < 4.78 is 0.854. The number of amides is 2. The summed E-state index contributed by atoms with van der Waals surface area (Å²) in [5, 5.41) is 2.84. The Balaban J connectivity index is 1.76. The van der Waals surface area contributed by atoms with Gasteiger partial charge in [-0.05, 0) is 48.0 Å². The third-order valence-corrected chi connectivity index (χ3v) is 6.74. The Bertz CT molecular complexity index is 631. The molecule has 1 aromatic rings. The Hall–Kier alpha value is -1.12. The van der Waals surface area contributed by atoms with E-state index in [2.05, 4.69) is 38.2 Å². The van der Waals surface area contributed by atoms with Crippen molar-refractivity contribution in [3.05, 3.63) is 22.8 Å². The summed E-state index contributed by atoms with van der Waals surface area (Å²) in [4.78, 5) is 33.0. The fourth-order valence-electron chi connectivity index (χ4n) is 3.37. The fourth-order valence-corrected chi connectivity index (χ4v) is 5.24. The molecule has 1 aromatic heterocycles. The minimum absolute atomic E-state index is 0.0338. The van der Waals surface area contributed by atoms with Gasteiger partial charge in [0.2, 0.25) is 11.8 Å². The molecule has 0 aromatic carbocycles. The lowest BCUT2D eigenvalue weighted by Gasteiger charge is -2.44. The van der Waals surface area contributed by atoms with Crippen LogP contribution in [0.5, 0.6) is 0 Å². The number of nitrogens with zero attached hydrogens (tertiary/aromatic N) is 3. The van der Waals surface area contributed by atoms with Gasteiger partial charge < -0.3 is 15.1 Å². The number of pyridine rings is 1. The summed E-state index contributed by atoms with van der Waals surface area (Å²) in [7, 11) is 2.09. The van der Waals surface area contributed by atoms with Gasteiger partial charge in [-0.2, -0.15) is 0 Å². The number of likely N-dealkylation sites (tertiary alicyclic amines) is 1. The molecular weight excluding hydrogens is 392 g/mol. The summed E-state index contributed by atoms with van der Waals surface area (Å²) in [5.41, 5.74) is 0. The van der Waals surface area contributed by atoms with Crippen molar-refractivity contribution in [2.24, 2.45) is 0 Å². The van der Waals surface area contributed by atoms with Crippen LogP contribution in [0.25, 0.3) is 0 Å². The van der Waals surface area contributed by atoms with Gasteiger partial charge in [0.1, 0.15) is 11.9 Å². The maximum atomic E-state index is 12.7. The molecule has 1 N–H and O–H groups in total. The second-order valence-electron chi connectivity index (χ2n) is 6.32. The first kappa shape index (κ1) is 17.7. The van der Waals surface area contributed by atoms with Gasteiger partial charge in [0.25, 0.3) is 0 Å². The largest absolute Gasteiger partial charge is 0.315 e. The van der Waals surface area contributed by atoms with E-state index in [9.17, 15) is 9.59 Å². The topological polar surface area (TPSA) is 65.5 Å². The Kier molecular flexibility index (Phi) is 5.17. The van der Waals surface area contributed by atoms with Crippen molar-refractivity contribution < 1.29 is 9.59 Å². The lowest BCUT2D eigenvalue weighted by molar-refractivity contribution is -0.140. The van der Waals surface area contributed by atoms with E-state index in [0.717, 1.165) is 30.4 Å². The first-order valence-electron chi connectivity index (χ1n) is 7.96. The fraction of sp³-hybridized carbons (Fsp3) is 0.562. The summed E-state index contributed by atoms with van der Waals surface area (Å²) in [6, 6.07) is 3.13. The number of carbonyl (C=O) groups excluding carboxylic acids is 2. The first-order valence-corrected chi connectivity index (χ1v) is 9.74. The highest BCUT2D eigenvalue weighted by Gasteiger charge is 2.51. The highest BCUT2D eigenvalue weighted by atomic mass is 79.9. The van der Waals surface area contributed by atoms with E-state index in [1.54, 1.807) is 35.8 Å². The Morgan fingerprint density at radius 1 is 1.38 bits per heavy atom. The number of rotatable bonds is 2. The molecule has 6 nitrogen and oxygen atoms in total. The van der Waals surface area contributed by atoms with Crippen molar-refractivity contribution in [2.75, 3.05) is 31.2 Å². The molecule has 1 spiro atoms. The zero-order valence-electron chi connectivity index (χ0n) is 13.8. The maximum absolute atomic E-state index is 12.7. The lowest BCUT2D eigenvalue weighted by atomic mass is 10.0. The Labute approximate surface area is 154 Å². The smallest absolute Gasteiger partial charge is 0.249 e. The second-order valence-corrected chi connectivity index (χ2v) is 8.61. The van der Waals surface area contributed by atoms with Gasteiger partial charge in [0.05, 0.1) is 4.87 Å². The van der Waals surface area contributed by atoms with Crippen LogP contribution in [0.15, 0.2) is 22.8 Å². The van der Waals surface area contributed by atoms with Crippen LogP contribution in [0, 0.1) is 0 Å². The van der Waals surface area contributed by atoms with Crippen LogP contribution in [-0.4, -0.2) is 63.4 Å². The first-order chi connectivity index (χ1) is 11.4. The normalized spacial score (nSPS) is 23.5. The molecule has 0 bridgehead atoms.